The van der Waals surface area contributed by atoms with Crippen LogP contribution in [0.15, 0.2) is 36.5 Å². The zero-order valence-electron chi connectivity index (χ0n) is 14.9. The third-order valence-electron chi connectivity index (χ3n) is 4.49. The fraction of sp³-hybridized carbons (Fsp3) is 0.368. The lowest BCUT2D eigenvalue weighted by Gasteiger charge is -2.35. The predicted molar refractivity (Wildman–Crippen MR) is 100.0 cm³/mol. The van der Waals surface area contributed by atoms with E-state index in [0.29, 0.717) is 35.3 Å². The molecular weight excluding hydrogens is 354 g/mol. The van der Waals surface area contributed by atoms with Crippen molar-refractivity contribution in [1.82, 2.24) is 14.8 Å². The Morgan fingerprint density at radius 1 is 1.12 bits per heavy atom. The van der Waals surface area contributed by atoms with Gasteiger partial charge in [-0.3, -0.25) is 9.69 Å². The highest BCUT2D eigenvalue weighted by Gasteiger charge is 2.23. The molecule has 1 aliphatic heterocycles. The van der Waals surface area contributed by atoms with Crippen LogP contribution in [0.4, 0.5) is 0 Å². The number of aromatic nitrogens is 1. The van der Waals surface area contributed by atoms with E-state index in [1.165, 1.54) is 0 Å². The number of nitrogens with zero attached hydrogens (tertiary/aromatic N) is 3. The summed E-state index contributed by atoms with van der Waals surface area (Å²) in [5, 5.41) is 0.537. The lowest BCUT2D eigenvalue weighted by Crippen LogP contribution is -2.48. The van der Waals surface area contributed by atoms with E-state index in [9.17, 15) is 4.79 Å². The molecule has 0 aliphatic carbocycles. The van der Waals surface area contributed by atoms with Crippen molar-refractivity contribution in [3.8, 4) is 11.5 Å². The number of pyridine rings is 1. The van der Waals surface area contributed by atoms with Crippen LogP contribution in [-0.2, 0) is 6.54 Å². The predicted octanol–water partition coefficient (Wildman–Crippen LogP) is 2.71. The van der Waals surface area contributed by atoms with Crippen molar-refractivity contribution in [3.05, 3.63) is 52.8 Å². The van der Waals surface area contributed by atoms with Crippen LogP contribution in [-0.4, -0.2) is 61.1 Å². The van der Waals surface area contributed by atoms with E-state index in [1.807, 2.05) is 17.0 Å². The average Bonchev–Trinajstić information content (AvgIpc) is 2.69. The molecule has 1 fully saturated rings. The summed E-state index contributed by atoms with van der Waals surface area (Å²) >= 11 is 6.13. The number of piperazine rings is 1. The number of amides is 1. The summed E-state index contributed by atoms with van der Waals surface area (Å²) in [6.07, 6.45) is 1.69. The molecule has 0 radical (unpaired) electrons. The van der Waals surface area contributed by atoms with Crippen LogP contribution in [0.2, 0.25) is 5.15 Å². The summed E-state index contributed by atoms with van der Waals surface area (Å²) in [4.78, 5) is 21.1. The zero-order valence-corrected chi connectivity index (χ0v) is 15.7. The number of halogens is 1. The van der Waals surface area contributed by atoms with E-state index in [1.54, 1.807) is 38.6 Å². The molecule has 0 atom stereocenters. The van der Waals surface area contributed by atoms with Crippen molar-refractivity contribution in [2.45, 2.75) is 6.54 Å². The molecule has 138 valence electrons. The molecule has 6 nitrogen and oxygen atoms in total. The zero-order chi connectivity index (χ0) is 18.5. The third-order valence-corrected chi connectivity index (χ3v) is 4.83. The Labute approximate surface area is 158 Å². The van der Waals surface area contributed by atoms with Crippen molar-refractivity contribution in [2.24, 2.45) is 0 Å². The second-order valence-electron chi connectivity index (χ2n) is 6.12. The molecule has 1 aliphatic rings. The van der Waals surface area contributed by atoms with Crippen LogP contribution in [0, 0.1) is 0 Å². The van der Waals surface area contributed by atoms with Gasteiger partial charge in [-0.1, -0.05) is 17.7 Å². The number of ether oxygens (including phenoxy) is 2. The second-order valence-corrected chi connectivity index (χ2v) is 6.48. The van der Waals surface area contributed by atoms with Crippen LogP contribution in [0.1, 0.15) is 15.9 Å². The van der Waals surface area contributed by atoms with E-state index < -0.39 is 0 Å². The molecule has 3 rings (SSSR count). The number of hydrogen-bond donors (Lipinski definition) is 0. The Balaban J connectivity index is 1.63. The number of benzene rings is 1. The SMILES string of the molecule is COc1cc(OC)cc(C(=O)N2CCN(Cc3cccnc3Cl)CC2)c1. The first kappa shape index (κ1) is 18.5. The molecule has 1 aromatic heterocycles. The highest BCUT2D eigenvalue weighted by Crippen LogP contribution is 2.24. The van der Waals surface area contributed by atoms with Crippen molar-refractivity contribution >= 4 is 17.5 Å². The summed E-state index contributed by atoms with van der Waals surface area (Å²) in [5.74, 6) is 1.20. The number of hydrogen-bond acceptors (Lipinski definition) is 5. The Hall–Kier alpha value is -2.31. The van der Waals surface area contributed by atoms with Crippen LogP contribution in [0.3, 0.4) is 0 Å². The van der Waals surface area contributed by atoms with E-state index in [4.69, 9.17) is 21.1 Å². The normalized spacial score (nSPS) is 15.0. The summed E-state index contributed by atoms with van der Waals surface area (Å²) < 4.78 is 10.5. The van der Waals surface area contributed by atoms with E-state index in [0.717, 1.165) is 25.2 Å². The standard InChI is InChI=1S/C19H22ClN3O3/c1-25-16-10-15(11-17(12-16)26-2)19(24)23-8-6-22(7-9-23)13-14-4-3-5-21-18(14)20/h3-5,10-12H,6-9,13H2,1-2H3. The molecule has 1 saturated heterocycles. The van der Waals surface area contributed by atoms with Gasteiger partial charge in [-0.2, -0.15) is 0 Å². The largest absolute Gasteiger partial charge is 0.497 e. The topological polar surface area (TPSA) is 54.9 Å². The van der Waals surface area contributed by atoms with Gasteiger partial charge in [-0.05, 0) is 18.2 Å². The van der Waals surface area contributed by atoms with Gasteiger partial charge in [0.1, 0.15) is 16.7 Å². The number of carbonyl (C=O) groups excluding carboxylic acids is 1. The van der Waals surface area contributed by atoms with E-state index in [2.05, 4.69) is 9.88 Å². The molecular formula is C19H22ClN3O3. The summed E-state index contributed by atoms with van der Waals surface area (Å²) in [6, 6.07) is 9.11. The first-order valence-electron chi connectivity index (χ1n) is 8.45. The molecule has 0 spiro atoms. The van der Waals surface area contributed by atoms with Gasteiger partial charge < -0.3 is 14.4 Å². The molecule has 2 aromatic rings. The summed E-state index contributed by atoms with van der Waals surface area (Å²) in [5.41, 5.74) is 1.58. The number of methoxy groups -OCH3 is 2. The Morgan fingerprint density at radius 3 is 2.35 bits per heavy atom. The van der Waals surface area contributed by atoms with Crippen LogP contribution >= 0.6 is 11.6 Å². The maximum Gasteiger partial charge on any atom is 0.254 e. The smallest absolute Gasteiger partial charge is 0.254 e. The molecule has 1 amide bonds. The molecule has 0 N–H and O–H groups in total. The molecule has 2 heterocycles. The fourth-order valence-corrected chi connectivity index (χ4v) is 3.18. The van der Waals surface area contributed by atoms with Gasteiger partial charge in [0, 0.05) is 56.1 Å². The van der Waals surface area contributed by atoms with Gasteiger partial charge in [0.15, 0.2) is 0 Å². The molecule has 0 bridgehead atoms. The summed E-state index contributed by atoms with van der Waals surface area (Å²) in [6.45, 7) is 3.64. The van der Waals surface area contributed by atoms with Gasteiger partial charge in [-0.15, -0.1) is 0 Å². The summed E-state index contributed by atoms with van der Waals surface area (Å²) in [7, 11) is 3.15. The van der Waals surface area contributed by atoms with Crippen molar-refractivity contribution < 1.29 is 14.3 Å². The van der Waals surface area contributed by atoms with Crippen LogP contribution < -0.4 is 9.47 Å². The van der Waals surface area contributed by atoms with Crippen molar-refractivity contribution in [3.63, 3.8) is 0 Å². The number of carbonyl (C=O) groups is 1. The average molecular weight is 376 g/mol. The maximum absolute atomic E-state index is 12.8. The first-order chi connectivity index (χ1) is 12.6. The van der Waals surface area contributed by atoms with Gasteiger partial charge >= 0.3 is 0 Å². The molecule has 26 heavy (non-hydrogen) atoms. The minimum absolute atomic E-state index is 0.0127. The van der Waals surface area contributed by atoms with E-state index in [-0.39, 0.29) is 5.91 Å². The lowest BCUT2D eigenvalue weighted by molar-refractivity contribution is 0.0627. The number of rotatable bonds is 5. The Kier molecular flexibility index (Phi) is 5.96. The second kappa shape index (κ2) is 8.38. The first-order valence-corrected chi connectivity index (χ1v) is 8.82. The van der Waals surface area contributed by atoms with Crippen molar-refractivity contribution in [1.29, 1.82) is 0 Å². The minimum atomic E-state index is -0.0127. The van der Waals surface area contributed by atoms with Crippen LogP contribution in [0.25, 0.3) is 0 Å². The van der Waals surface area contributed by atoms with Gasteiger partial charge in [-0.25, -0.2) is 4.98 Å². The van der Waals surface area contributed by atoms with Crippen molar-refractivity contribution in [2.75, 3.05) is 40.4 Å². The van der Waals surface area contributed by atoms with E-state index >= 15 is 0 Å². The maximum atomic E-state index is 12.8. The lowest BCUT2D eigenvalue weighted by atomic mass is 10.1. The Bertz CT molecular complexity index is 754. The fourth-order valence-electron chi connectivity index (χ4n) is 3.00. The Morgan fingerprint density at radius 2 is 1.77 bits per heavy atom. The molecule has 0 unspecified atom stereocenters. The van der Waals surface area contributed by atoms with Gasteiger partial charge in [0.2, 0.25) is 0 Å². The molecule has 1 aromatic carbocycles. The monoisotopic (exact) mass is 375 g/mol. The quantitative estimate of drug-likeness (QED) is 0.752. The molecule has 0 saturated carbocycles. The highest BCUT2D eigenvalue weighted by atomic mass is 35.5. The molecule has 7 heteroatoms. The van der Waals surface area contributed by atoms with Crippen LogP contribution in [0.5, 0.6) is 11.5 Å². The highest BCUT2D eigenvalue weighted by molar-refractivity contribution is 6.30. The van der Waals surface area contributed by atoms with Gasteiger partial charge in [0.25, 0.3) is 5.91 Å². The third kappa shape index (κ3) is 4.26. The van der Waals surface area contributed by atoms with Gasteiger partial charge in [0.05, 0.1) is 14.2 Å². The minimum Gasteiger partial charge on any atom is -0.497 e.